The Morgan fingerprint density at radius 3 is 2.76 bits per heavy atom. The SMILES string of the molecule is C[C@H]1CCCC[C@@H]1NC(=S)N/N=C/c1ccc(O)c(O)c1. The van der Waals surface area contributed by atoms with Gasteiger partial charge in [0.15, 0.2) is 16.6 Å². The van der Waals surface area contributed by atoms with E-state index in [1.54, 1.807) is 6.07 Å². The first-order valence-electron chi connectivity index (χ1n) is 7.18. The Morgan fingerprint density at radius 1 is 1.29 bits per heavy atom. The maximum atomic E-state index is 9.38. The van der Waals surface area contributed by atoms with E-state index in [9.17, 15) is 10.2 Å². The van der Waals surface area contributed by atoms with E-state index >= 15 is 0 Å². The van der Waals surface area contributed by atoms with Crippen molar-refractivity contribution < 1.29 is 10.2 Å². The average molecular weight is 307 g/mol. The van der Waals surface area contributed by atoms with Gasteiger partial charge in [0.25, 0.3) is 0 Å². The van der Waals surface area contributed by atoms with Crippen LogP contribution < -0.4 is 10.7 Å². The molecule has 0 amide bonds. The highest BCUT2D eigenvalue weighted by Gasteiger charge is 2.21. The van der Waals surface area contributed by atoms with E-state index in [1.807, 2.05) is 0 Å². The minimum Gasteiger partial charge on any atom is -0.504 e. The van der Waals surface area contributed by atoms with Crippen LogP contribution in [0.2, 0.25) is 0 Å². The second-order valence-corrected chi connectivity index (χ2v) is 5.87. The molecule has 2 rings (SSSR count). The van der Waals surface area contributed by atoms with Crippen molar-refractivity contribution in [3.63, 3.8) is 0 Å². The van der Waals surface area contributed by atoms with E-state index in [1.165, 1.54) is 37.6 Å². The van der Waals surface area contributed by atoms with Gasteiger partial charge in [0.05, 0.1) is 6.21 Å². The topological polar surface area (TPSA) is 76.9 Å². The van der Waals surface area contributed by atoms with Gasteiger partial charge in [-0.05, 0) is 54.7 Å². The highest BCUT2D eigenvalue weighted by Crippen LogP contribution is 2.24. The van der Waals surface area contributed by atoms with Crippen LogP contribution in [0.15, 0.2) is 23.3 Å². The molecule has 6 heteroatoms. The zero-order valence-corrected chi connectivity index (χ0v) is 12.9. The predicted octanol–water partition coefficient (Wildman–Crippen LogP) is 2.47. The summed E-state index contributed by atoms with van der Waals surface area (Å²) in [4.78, 5) is 0. The van der Waals surface area contributed by atoms with E-state index in [0.717, 1.165) is 6.42 Å². The van der Waals surface area contributed by atoms with Gasteiger partial charge in [0.2, 0.25) is 0 Å². The number of benzene rings is 1. The number of thiocarbonyl (C=S) groups is 1. The van der Waals surface area contributed by atoms with E-state index in [4.69, 9.17) is 12.2 Å². The molecule has 0 bridgehead atoms. The lowest BCUT2D eigenvalue weighted by molar-refractivity contribution is 0.308. The van der Waals surface area contributed by atoms with Crippen molar-refractivity contribution in [2.24, 2.45) is 11.0 Å². The summed E-state index contributed by atoms with van der Waals surface area (Å²) in [5.41, 5.74) is 3.45. The average Bonchev–Trinajstić information content (AvgIpc) is 2.45. The van der Waals surface area contributed by atoms with Crippen molar-refractivity contribution in [3.05, 3.63) is 23.8 Å². The van der Waals surface area contributed by atoms with Gasteiger partial charge in [0, 0.05) is 6.04 Å². The third-order valence-corrected chi connectivity index (χ3v) is 4.02. The molecule has 0 saturated heterocycles. The summed E-state index contributed by atoms with van der Waals surface area (Å²) in [6.45, 7) is 2.24. The van der Waals surface area contributed by atoms with Crippen molar-refractivity contribution in [2.45, 2.75) is 38.6 Å². The standard InChI is InChI=1S/C15H21N3O2S/c1-10-4-2-3-5-12(10)17-15(21)18-16-9-11-6-7-13(19)14(20)8-11/h6-10,12,19-20H,2-5H2,1H3,(H2,17,18,21)/b16-9+/t10-,12-/m0/s1. The molecule has 2 atom stereocenters. The number of hydrogen-bond donors (Lipinski definition) is 4. The molecule has 0 aliphatic heterocycles. The van der Waals surface area contributed by atoms with Gasteiger partial charge in [-0.2, -0.15) is 5.10 Å². The van der Waals surface area contributed by atoms with Crippen LogP contribution in [-0.4, -0.2) is 27.6 Å². The van der Waals surface area contributed by atoms with Crippen LogP contribution in [-0.2, 0) is 0 Å². The molecule has 1 aromatic rings. The molecular formula is C15H21N3O2S. The highest BCUT2D eigenvalue weighted by molar-refractivity contribution is 7.80. The van der Waals surface area contributed by atoms with Gasteiger partial charge < -0.3 is 15.5 Å². The van der Waals surface area contributed by atoms with Crippen molar-refractivity contribution in [2.75, 3.05) is 0 Å². The molecular weight excluding hydrogens is 286 g/mol. The van der Waals surface area contributed by atoms with Gasteiger partial charge in [-0.3, -0.25) is 5.43 Å². The monoisotopic (exact) mass is 307 g/mol. The number of phenolic OH excluding ortho intramolecular Hbond substituents is 2. The van der Waals surface area contributed by atoms with E-state index in [-0.39, 0.29) is 11.5 Å². The quantitative estimate of drug-likeness (QED) is 0.299. The number of aromatic hydroxyl groups is 2. The Balaban J connectivity index is 1.82. The summed E-state index contributed by atoms with van der Waals surface area (Å²) < 4.78 is 0. The Bertz CT molecular complexity index is 534. The summed E-state index contributed by atoms with van der Waals surface area (Å²) >= 11 is 5.22. The maximum Gasteiger partial charge on any atom is 0.187 e. The number of rotatable bonds is 3. The van der Waals surface area contributed by atoms with Crippen LogP contribution in [0, 0.1) is 5.92 Å². The molecule has 5 nitrogen and oxygen atoms in total. The fourth-order valence-corrected chi connectivity index (χ4v) is 2.72. The Hall–Kier alpha value is -1.82. The molecule has 21 heavy (non-hydrogen) atoms. The minimum absolute atomic E-state index is 0.149. The van der Waals surface area contributed by atoms with Crippen LogP contribution in [0.3, 0.4) is 0 Å². The lowest BCUT2D eigenvalue weighted by Crippen LogP contribution is -2.44. The van der Waals surface area contributed by atoms with Gasteiger partial charge in [-0.1, -0.05) is 19.8 Å². The van der Waals surface area contributed by atoms with Crippen LogP contribution in [0.5, 0.6) is 11.5 Å². The molecule has 0 spiro atoms. The first kappa shape index (κ1) is 15.6. The lowest BCUT2D eigenvalue weighted by Gasteiger charge is -2.30. The Morgan fingerprint density at radius 2 is 2.05 bits per heavy atom. The summed E-state index contributed by atoms with van der Waals surface area (Å²) in [6.07, 6.45) is 6.44. The van der Waals surface area contributed by atoms with E-state index in [0.29, 0.717) is 22.6 Å². The molecule has 0 aromatic heterocycles. The molecule has 1 saturated carbocycles. The van der Waals surface area contributed by atoms with Gasteiger partial charge in [-0.25, -0.2) is 0 Å². The summed E-state index contributed by atoms with van der Waals surface area (Å²) in [7, 11) is 0. The first-order valence-corrected chi connectivity index (χ1v) is 7.58. The Labute approximate surface area is 130 Å². The molecule has 0 heterocycles. The molecule has 1 aromatic carbocycles. The second kappa shape index (κ2) is 7.26. The summed E-state index contributed by atoms with van der Waals surface area (Å²) in [5, 5.41) is 26.4. The lowest BCUT2D eigenvalue weighted by atomic mass is 9.86. The zero-order chi connectivity index (χ0) is 15.2. The van der Waals surface area contributed by atoms with Crippen LogP contribution >= 0.6 is 12.2 Å². The van der Waals surface area contributed by atoms with E-state index in [2.05, 4.69) is 22.8 Å². The number of hydrazone groups is 1. The second-order valence-electron chi connectivity index (χ2n) is 5.46. The zero-order valence-electron chi connectivity index (χ0n) is 12.0. The fourth-order valence-electron chi connectivity index (χ4n) is 2.52. The third-order valence-electron chi connectivity index (χ3n) is 3.81. The molecule has 4 N–H and O–H groups in total. The van der Waals surface area contributed by atoms with Crippen LogP contribution in [0.25, 0.3) is 0 Å². The third kappa shape index (κ3) is 4.60. The summed E-state index contributed by atoms with van der Waals surface area (Å²) in [5.74, 6) is 0.302. The first-order chi connectivity index (χ1) is 10.1. The summed E-state index contributed by atoms with van der Waals surface area (Å²) in [6, 6.07) is 4.91. The smallest absolute Gasteiger partial charge is 0.187 e. The minimum atomic E-state index is -0.171. The number of nitrogens with one attached hydrogen (secondary N) is 2. The molecule has 1 aliphatic rings. The molecule has 0 radical (unpaired) electrons. The van der Waals surface area contributed by atoms with Gasteiger partial charge in [0.1, 0.15) is 0 Å². The van der Waals surface area contributed by atoms with Crippen LogP contribution in [0.4, 0.5) is 0 Å². The molecule has 1 fully saturated rings. The molecule has 114 valence electrons. The van der Waals surface area contributed by atoms with Crippen molar-refractivity contribution >= 4 is 23.5 Å². The number of hydrogen-bond acceptors (Lipinski definition) is 4. The van der Waals surface area contributed by atoms with Crippen molar-refractivity contribution in [1.29, 1.82) is 0 Å². The predicted molar refractivity (Wildman–Crippen MR) is 87.7 cm³/mol. The molecule has 1 aliphatic carbocycles. The van der Waals surface area contributed by atoms with Crippen LogP contribution in [0.1, 0.15) is 38.2 Å². The largest absolute Gasteiger partial charge is 0.504 e. The Kier molecular flexibility index (Phi) is 5.38. The molecule has 0 unspecified atom stereocenters. The fraction of sp³-hybridized carbons (Fsp3) is 0.467. The highest BCUT2D eigenvalue weighted by atomic mass is 32.1. The van der Waals surface area contributed by atoms with Gasteiger partial charge in [-0.15, -0.1) is 0 Å². The number of nitrogens with zero attached hydrogens (tertiary/aromatic N) is 1. The maximum absolute atomic E-state index is 9.38. The normalized spacial score (nSPS) is 22.1. The van der Waals surface area contributed by atoms with Gasteiger partial charge >= 0.3 is 0 Å². The van der Waals surface area contributed by atoms with Crippen molar-refractivity contribution in [3.8, 4) is 11.5 Å². The van der Waals surface area contributed by atoms with E-state index < -0.39 is 0 Å². The van der Waals surface area contributed by atoms with Crippen molar-refractivity contribution in [1.82, 2.24) is 10.7 Å². The number of phenols is 2.